The van der Waals surface area contributed by atoms with E-state index < -0.39 is 8.15 Å². The fourth-order valence-corrected chi connectivity index (χ4v) is 3.16. The number of hydrogen-bond donors (Lipinski definition) is 1. The second-order valence-electron chi connectivity index (χ2n) is 6.01. The third-order valence-corrected chi connectivity index (χ3v) is 4.41. The van der Waals surface area contributed by atoms with Crippen molar-refractivity contribution >= 4 is 19.7 Å². The Morgan fingerprint density at radius 3 is 2.40 bits per heavy atom. The molecule has 0 spiro atoms. The molecular weight excluding hydrogens is 269 g/mol. The molecule has 0 heterocycles. The van der Waals surface area contributed by atoms with Gasteiger partial charge in [0.2, 0.25) is 5.52 Å². The van der Waals surface area contributed by atoms with Gasteiger partial charge in [0.15, 0.2) is 0 Å². The number of nitrogens with zero attached hydrogens (tertiary/aromatic N) is 1. The lowest BCUT2D eigenvalue weighted by molar-refractivity contribution is -0.861. The summed E-state index contributed by atoms with van der Waals surface area (Å²) in [4.78, 5) is 21.8. The van der Waals surface area contributed by atoms with Gasteiger partial charge in [0.1, 0.15) is 14.7 Å². The molecule has 1 unspecified atom stereocenters. The molecule has 0 bridgehead atoms. The van der Waals surface area contributed by atoms with E-state index >= 15 is 0 Å². The van der Waals surface area contributed by atoms with Crippen LogP contribution in [0.2, 0.25) is 0 Å². The molecule has 0 radical (unpaired) electrons. The minimum Gasteiger partial charge on any atom is -0.366 e. The number of likely N-dealkylation sites (N-methyl/N-ethyl adjacent to an activating group) is 1. The van der Waals surface area contributed by atoms with Crippen LogP contribution in [0.1, 0.15) is 17.5 Å². The lowest BCUT2D eigenvalue weighted by Gasteiger charge is -2.23. The summed E-state index contributed by atoms with van der Waals surface area (Å²) in [6.45, 7) is 4.12. The van der Waals surface area contributed by atoms with Crippen LogP contribution >= 0.6 is 8.15 Å². The van der Waals surface area contributed by atoms with E-state index in [0.29, 0.717) is 17.2 Å². The molecule has 0 aliphatic carbocycles. The van der Waals surface area contributed by atoms with Gasteiger partial charge in [-0.25, -0.2) is 0 Å². The van der Waals surface area contributed by atoms with Crippen molar-refractivity contribution in [1.82, 2.24) is 0 Å². The predicted molar refractivity (Wildman–Crippen MR) is 86.8 cm³/mol. The third kappa shape index (κ3) is 6.42. The van der Waals surface area contributed by atoms with Crippen molar-refractivity contribution in [3.63, 3.8) is 0 Å². The van der Waals surface area contributed by atoms with Gasteiger partial charge in [0.25, 0.3) is 0 Å². The lowest BCUT2D eigenvalue weighted by atomic mass is 10.1. The predicted octanol–water partition coefficient (Wildman–Crippen LogP) is 2.88. The molecule has 0 amide bonds. The molecule has 20 heavy (non-hydrogen) atoms. The fraction of sp³-hybridized carbons (Fsp3) is 0.438. The first-order valence-electron chi connectivity index (χ1n) is 6.83. The van der Waals surface area contributed by atoms with E-state index in [1.54, 1.807) is 0 Å². The summed E-state index contributed by atoms with van der Waals surface area (Å²) in [5.41, 5.74) is 2.34. The minimum absolute atomic E-state index is 0.00509. The van der Waals surface area contributed by atoms with Gasteiger partial charge in [-0.1, -0.05) is 36.9 Å². The quantitative estimate of drug-likeness (QED) is 0.591. The Hall–Kier alpha value is -1.02. The van der Waals surface area contributed by atoms with Crippen molar-refractivity contribution in [1.29, 1.82) is 0 Å². The summed E-state index contributed by atoms with van der Waals surface area (Å²) >= 11 is 0. The minimum atomic E-state index is -1.48. The van der Waals surface area contributed by atoms with Gasteiger partial charge in [0.05, 0.1) is 21.1 Å². The Balaban J connectivity index is 2.35. The van der Waals surface area contributed by atoms with E-state index in [1.807, 2.05) is 39.4 Å². The molecule has 0 aliphatic rings. The van der Waals surface area contributed by atoms with Gasteiger partial charge in [-0.05, 0) is 30.1 Å². The van der Waals surface area contributed by atoms with E-state index in [-0.39, 0.29) is 5.52 Å². The van der Waals surface area contributed by atoms with Crippen LogP contribution in [0.4, 0.5) is 0 Å². The molecule has 1 N–H and O–H groups in total. The van der Waals surface area contributed by atoms with Crippen molar-refractivity contribution in [3.05, 3.63) is 42.0 Å². The van der Waals surface area contributed by atoms with Gasteiger partial charge >= 0.3 is 0 Å². The van der Waals surface area contributed by atoms with Crippen LogP contribution in [-0.2, 0) is 11.2 Å². The maximum absolute atomic E-state index is 11.8. The molecule has 0 fully saturated rings. The number of benzene rings is 1. The topological polar surface area (TPSA) is 37.3 Å². The van der Waals surface area contributed by atoms with Crippen LogP contribution in [0.15, 0.2) is 30.8 Å². The number of aryl methyl sites for hydroxylation is 1. The molecule has 0 aliphatic heterocycles. The first-order valence-corrected chi connectivity index (χ1v) is 8.31. The number of rotatable bonds is 8. The second-order valence-corrected chi connectivity index (χ2v) is 7.76. The summed E-state index contributed by atoms with van der Waals surface area (Å²) in [7, 11) is 4.40. The Kier molecular flexibility index (Phi) is 6.54. The van der Waals surface area contributed by atoms with Crippen LogP contribution < -0.4 is 0 Å². The summed E-state index contributed by atoms with van der Waals surface area (Å²) in [6.07, 6.45) is 4.16. The van der Waals surface area contributed by atoms with Crippen LogP contribution in [0.3, 0.4) is 0 Å². The average molecular weight is 294 g/mol. The zero-order chi connectivity index (χ0) is 15.2. The van der Waals surface area contributed by atoms with Crippen molar-refractivity contribution in [3.8, 4) is 0 Å². The maximum atomic E-state index is 11.8. The third-order valence-electron chi connectivity index (χ3n) is 2.95. The molecule has 0 saturated carbocycles. The average Bonchev–Trinajstić information content (AvgIpc) is 2.37. The Labute approximate surface area is 123 Å². The standard InChI is InChI=1S/C16H25NO2P/c1-5-14-8-10-15(11-9-14)7-6-12-20(19)16(18)13-17(2,3)4/h5,8-11,19H,1,6-7,12-13H2,2-4H3/q+1. The highest BCUT2D eigenvalue weighted by Gasteiger charge is 2.21. The molecule has 1 aromatic carbocycles. The zero-order valence-electron chi connectivity index (χ0n) is 12.7. The highest BCUT2D eigenvalue weighted by molar-refractivity contribution is 7.69. The molecule has 1 rings (SSSR count). The largest absolute Gasteiger partial charge is 0.366 e. The van der Waals surface area contributed by atoms with E-state index in [1.165, 1.54) is 5.56 Å². The molecule has 110 valence electrons. The summed E-state index contributed by atoms with van der Waals surface area (Å²) < 4.78 is 0.571. The zero-order valence-corrected chi connectivity index (χ0v) is 13.6. The summed E-state index contributed by atoms with van der Waals surface area (Å²) in [5, 5.41) is 0. The van der Waals surface area contributed by atoms with Gasteiger partial charge in [-0.3, -0.25) is 4.79 Å². The molecule has 0 saturated heterocycles. The maximum Gasteiger partial charge on any atom is 0.234 e. The van der Waals surface area contributed by atoms with Crippen LogP contribution in [0.5, 0.6) is 0 Å². The molecule has 1 aromatic rings. The van der Waals surface area contributed by atoms with Crippen LogP contribution in [0, 0.1) is 0 Å². The summed E-state index contributed by atoms with van der Waals surface area (Å²) in [5.74, 6) is 0. The summed E-state index contributed by atoms with van der Waals surface area (Å²) in [6, 6.07) is 8.22. The normalized spacial score (nSPS) is 13.0. The van der Waals surface area contributed by atoms with E-state index in [4.69, 9.17) is 0 Å². The smallest absolute Gasteiger partial charge is 0.234 e. The Bertz CT molecular complexity index is 449. The fourth-order valence-electron chi connectivity index (χ4n) is 1.87. The van der Waals surface area contributed by atoms with E-state index in [2.05, 4.69) is 18.7 Å². The van der Waals surface area contributed by atoms with Crippen molar-refractivity contribution in [2.24, 2.45) is 0 Å². The second kappa shape index (κ2) is 7.68. The first-order chi connectivity index (χ1) is 9.31. The van der Waals surface area contributed by atoms with Gasteiger partial charge in [-0.15, -0.1) is 0 Å². The van der Waals surface area contributed by atoms with Crippen molar-refractivity contribution in [2.75, 3.05) is 33.8 Å². The molecule has 3 nitrogen and oxygen atoms in total. The van der Waals surface area contributed by atoms with Crippen molar-refractivity contribution < 1.29 is 14.2 Å². The number of hydrogen-bond acceptors (Lipinski definition) is 2. The molecule has 4 heteroatoms. The van der Waals surface area contributed by atoms with Crippen molar-refractivity contribution in [2.45, 2.75) is 12.8 Å². The Morgan fingerprint density at radius 2 is 1.90 bits per heavy atom. The monoisotopic (exact) mass is 294 g/mol. The molecule has 0 aromatic heterocycles. The first kappa shape index (κ1) is 17.0. The highest BCUT2D eigenvalue weighted by Crippen LogP contribution is 2.32. The molecular formula is C16H25NO2P+. The number of carbonyl (C=O) groups excluding carboxylic acids is 1. The van der Waals surface area contributed by atoms with Crippen LogP contribution in [-0.4, -0.2) is 48.8 Å². The van der Waals surface area contributed by atoms with Crippen LogP contribution in [0.25, 0.3) is 6.08 Å². The van der Waals surface area contributed by atoms with E-state index in [9.17, 15) is 9.69 Å². The molecule has 1 atom stereocenters. The van der Waals surface area contributed by atoms with E-state index in [0.717, 1.165) is 18.4 Å². The Morgan fingerprint density at radius 1 is 1.30 bits per heavy atom. The van der Waals surface area contributed by atoms with Gasteiger partial charge < -0.3 is 9.38 Å². The lowest BCUT2D eigenvalue weighted by Crippen LogP contribution is -2.39. The van der Waals surface area contributed by atoms with Gasteiger partial charge in [0, 0.05) is 0 Å². The SMILES string of the molecule is C=Cc1ccc(CCCP(O)C(=O)C[N+](C)(C)C)cc1. The highest BCUT2D eigenvalue weighted by atomic mass is 31.1. The van der Waals surface area contributed by atoms with Gasteiger partial charge in [-0.2, -0.15) is 0 Å². The number of carbonyl (C=O) groups is 1. The number of quaternary nitrogens is 1.